The predicted molar refractivity (Wildman–Crippen MR) is 67.8 cm³/mol. The summed E-state index contributed by atoms with van der Waals surface area (Å²) in [6.07, 6.45) is 0. The fourth-order valence-corrected chi connectivity index (χ4v) is 2.17. The van der Waals surface area contributed by atoms with Crippen molar-refractivity contribution in [3.63, 3.8) is 0 Å². The highest BCUT2D eigenvalue weighted by atomic mass is 32.2. The zero-order valence-electron chi connectivity index (χ0n) is 7.96. The van der Waals surface area contributed by atoms with Crippen molar-refractivity contribution in [1.82, 2.24) is 0 Å². The van der Waals surface area contributed by atoms with Gasteiger partial charge in [0, 0.05) is 16.9 Å². The monoisotopic (exact) mass is 234 g/mol. The SMILES string of the molecule is SOSc1ccccc1-c1ccccc1. The van der Waals surface area contributed by atoms with Crippen LogP contribution in [0, 0.1) is 0 Å². The summed E-state index contributed by atoms with van der Waals surface area (Å²) >= 11 is 5.02. The Morgan fingerprint density at radius 2 is 1.53 bits per heavy atom. The lowest BCUT2D eigenvalue weighted by Crippen LogP contribution is -1.80. The van der Waals surface area contributed by atoms with Gasteiger partial charge in [0.25, 0.3) is 0 Å². The molecule has 0 amide bonds. The molecule has 0 aromatic heterocycles. The fourth-order valence-electron chi connectivity index (χ4n) is 1.44. The van der Waals surface area contributed by atoms with Crippen molar-refractivity contribution >= 4 is 25.0 Å². The zero-order valence-corrected chi connectivity index (χ0v) is 9.67. The minimum absolute atomic E-state index is 1.07. The predicted octanol–water partition coefficient (Wildman–Crippen LogP) is 4.22. The van der Waals surface area contributed by atoms with Crippen molar-refractivity contribution in [2.75, 3.05) is 0 Å². The Bertz CT molecular complexity index is 429. The number of thiol groups is 1. The van der Waals surface area contributed by atoms with Gasteiger partial charge in [-0.15, -0.1) is 0 Å². The second kappa shape index (κ2) is 5.26. The molecule has 0 spiro atoms. The van der Waals surface area contributed by atoms with Gasteiger partial charge >= 0.3 is 0 Å². The van der Waals surface area contributed by atoms with Crippen LogP contribution in [0.3, 0.4) is 0 Å². The summed E-state index contributed by atoms with van der Waals surface area (Å²) in [5, 5.41) is 0. The third-order valence-electron chi connectivity index (χ3n) is 2.10. The molecule has 0 saturated heterocycles. The average Bonchev–Trinajstić information content (AvgIpc) is 2.31. The molecule has 0 bridgehead atoms. The lowest BCUT2D eigenvalue weighted by atomic mass is 10.1. The van der Waals surface area contributed by atoms with E-state index in [2.05, 4.69) is 31.1 Å². The van der Waals surface area contributed by atoms with Crippen LogP contribution in [0.25, 0.3) is 11.1 Å². The molecule has 0 aliphatic rings. The molecular weight excluding hydrogens is 224 g/mol. The van der Waals surface area contributed by atoms with Gasteiger partial charge < -0.3 is 0 Å². The van der Waals surface area contributed by atoms with Gasteiger partial charge in [0.2, 0.25) is 0 Å². The van der Waals surface area contributed by atoms with E-state index in [0.717, 1.165) is 10.5 Å². The Kier molecular flexibility index (Phi) is 3.72. The summed E-state index contributed by atoms with van der Waals surface area (Å²) < 4.78 is 4.80. The molecule has 0 atom stereocenters. The van der Waals surface area contributed by atoms with E-state index in [0.29, 0.717) is 0 Å². The van der Waals surface area contributed by atoms with E-state index in [1.807, 2.05) is 36.4 Å². The van der Waals surface area contributed by atoms with Crippen LogP contribution in [0.2, 0.25) is 0 Å². The van der Waals surface area contributed by atoms with E-state index in [1.54, 1.807) is 0 Å². The molecule has 0 aliphatic carbocycles. The highest BCUT2D eigenvalue weighted by molar-refractivity contribution is 8.01. The third kappa shape index (κ3) is 2.56. The summed E-state index contributed by atoms with van der Waals surface area (Å²) in [6.45, 7) is 0. The molecule has 0 fully saturated rings. The number of rotatable bonds is 3. The van der Waals surface area contributed by atoms with Gasteiger partial charge in [0.05, 0.1) is 0 Å². The standard InChI is InChI=1S/C12H10OS2/c14-13-15-12-9-5-4-8-11(12)10-6-2-1-3-7-10/h1-9,14H. The molecule has 2 aromatic carbocycles. The third-order valence-corrected chi connectivity index (χ3v) is 2.93. The molecule has 0 radical (unpaired) electrons. The van der Waals surface area contributed by atoms with E-state index in [1.165, 1.54) is 17.6 Å². The Balaban J connectivity index is 2.43. The first kappa shape index (κ1) is 10.6. The molecule has 1 nitrogen and oxygen atoms in total. The van der Waals surface area contributed by atoms with Gasteiger partial charge in [-0.25, -0.2) is 3.63 Å². The summed E-state index contributed by atoms with van der Waals surface area (Å²) in [7, 11) is 0. The van der Waals surface area contributed by atoms with Crippen LogP contribution >= 0.6 is 25.0 Å². The maximum absolute atomic E-state index is 4.80. The van der Waals surface area contributed by atoms with Crippen LogP contribution in [0.15, 0.2) is 59.5 Å². The van der Waals surface area contributed by atoms with Crippen molar-refractivity contribution in [3.8, 4) is 11.1 Å². The van der Waals surface area contributed by atoms with Gasteiger partial charge in [-0.05, 0) is 30.1 Å². The minimum atomic E-state index is 1.07. The molecule has 0 aliphatic heterocycles. The van der Waals surface area contributed by atoms with Crippen LogP contribution in [0.4, 0.5) is 0 Å². The van der Waals surface area contributed by atoms with E-state index < -0.39 is 0 Å². The lowest BCUT2D eigenvalue weighted by Gasteiger charge is -2.06. The quantitative estimate of drug-likeness (QED) is 0.629. The second-order valence-corrected chi connectivity index (χ2v) is 4.22. The largest absolute Gasteiger partial charge is 0.245 e. The van der Waals surface area contributed by atoms with Gasteiger partial charge in [0.1, 0.15) is 0 Å². The van der Waals surface area contributed by atoms with E-state index >= 15 is 0 Å². The van der Waals surface area contributed by atoms with Crippen molar-refractivity contribution in [2.24, 2.45) is 0 Å². The van der Waals surface area contributed by atoms with Crippen molar-refractivity contribution in [3.05, 3.63) is 54.6 Å². The molecule has 0 unspecified atom stereocenters. The summed E-state index contributed by atoms with van der Waals surface area (Å²) in [4.78, 5) is 1.07. The molecule has 3 heteroatoms. The zero-order chi connectivity index (χ0) is 10.5. The molecule has 0 saturated carbocycles. The molecule has 76 valence electrons. The van der Waals surface area contributed by atoms with Crippen LogP contribution in [0.1, 0.15) is 0 Å². The van der Waals surface area contributed by atoms with Gasteiger partial charge in [-0.3, -0.25) is 0 Å². The van der Waals surface area contributed by atoms with Crippen molar-refractivity contribution in [1.29, 1.82) is 0 Å². The van der Waals surface area contributed by atoms with Gasteiger partial charge in [-0.2, -0.15) is 0 Å². The summed E-state index contributed by atoms with van der Waals surface area (Å²) in [5.41, 5.74) is 2.35. The van der Waals surface area contributed by atoms with Crippen LogP contribution in [-0.2, 0) is 3.63 Å². The highest BCUT2D eigenvalue weighted by Crippen LogP contribution is 2.31. The number of hydrogen-bond donors (Lipinski definition) is 1. The molecular formula is C12H10OS2. The van der Waals surface area contributed by atoms with E-state index in [9.17, 15) is 0 Å². The highest BCUT2D eigenvalue weighted by Gasteiger charge is 2.04. The molecule has 15 heavy (non-hydrogen) atoms. The first-order chi connectivity index (χ1) is 7.42. The average molecular weight is 234 g/mol. The van der Waals surface area contributed by atoms with E-state index in [-0.39, 0.29) is 0 Å². The smallest absolute Gasteiger partial charge is 0.0446 e. The first-order valence-electron chi connectivity index (χ1n) is 4.54. The van der Waals surface area contributed by atoms with Gasteiger partial charge in [0.15, 0.2) is 0 Å². The summed E-state index contributed by atoms with van der Waals surface area (Å²) in [6, 6.07) is 18.3. The molecule has 0 N–H and O–H groups in total. The fraction of sp³-hybridized carbons (Fsp3) is 0. The Morgan fingerprint density at radius 1 is 0.867 bits per heavy atom. The van der Waals surface area contributed by atoms with Crippen LogP contribution < -0.4 is 0 Å². The van der Waals surface area contributed by atoms with Crippen LogP contribution in [-0.4, -0.2) is 0 Å². The minimum Gasteiger partial charge on any atom is -0.245 e. The normalized spacial score (nSPS) is 10.2. The maximum Gasteiger partial charge on any atom is 0.0446 e. The molecule has 0 heterocycles. The Morgan fingerprint density at radius 3 is 2.27 bits per heavy atom. The number of benzene rings is 2. The Labute approximate surface area is 99.3 Å². The second-order valence-electron chi connectivity index (χ2n) is 3.02. The Hall–Kier alpha value is -0.900. The van der Waals surface area contributed by atoms with Crippen LogP contribution in [0.5, 0.6) is 0 Å². The lowest BCUT2D eigenvalue weighted by molar-refractivity contribution is 0.774. The van der Waals surface area contributed by atoms with Gasteiger partial charge in [-0.1, -0.05) is 48.5 Å². The summed E-state index contributed by atoms with van der Waals surface area (Å²) in [5.74, 6) is 0. The molecule has 2 aromatic rings. The van der Waals surface area contributed by atoms with Crippen molar-refractivity contribution < 1.29 is 3.63 Å². The topological polar surface area (TPSA) is 9.23 Å². The first-order valence-corrected chi connectivity index (χ1v) is 5.65. The molecule has 2 rings (SSSR count). The number of hydrogen-bond acceptors (Lipinski definition) is 3. The maximum atomic E-state index is 4.80. The van der Waals surface area contributed by atoms with E-state index in [4.69, 9.17) is 3.63 Å². The van der Waals surface area contributed by atoms with Crippen molar-refractivity contribution in [2.45, 2.75) is 4.90 Å².